The van der Waals surface area contributed by atoms with Crippen LogP contribution < -0.4 is 5.32 Å². The van der Waals surface area contributed by atoms with Gasteiger partial charge in [0.2, 0.25) is 0 Å². The second-order valence-electron chi connectivity index (χ2n) is 3.02. The van der Waals surface area contributed by atoms with Crippen LogP contribution in [-0.4, -0.2) is 26.3 Å². The molecule has 2 nitrogen and oxygen atoms in total. The summed E-state index contributed by atoms with van der Waals surface area (Å²) in [4.78, 5) is 0. The fraction of sp³-hybridized carbons (Fsp3) is 0.800. The molecule has 0 aromatic heterocycles. The molecule has 0 amide bonds. The highest BCUT2D eigenvalue weighted by Crippen LogP contribution is 2.06. The zero-order chi connectivity index (χ0) is 9.40. The average Bonchev–Trinajstić information content (AvgIpc) is 2.05. The van der Waals surface area contributed by atoms with Gasteiger partial charge >= 0.3 is 0 Å². The SMILES string of the molecule is C=C(CC)CC(COC)NCC. The number of nitrogens with one attached hydrogen (secondary N) is 1. The number of ether oxygens (including phenoxy) is 1. The maximum atomic E-state index is 5.10. The van der Waals surface area contributed by atoms with E-state index >= 15 is 0 Å². The van der Waals surface area contributed by atoms with Crippen LogP contribution in [0.15, 0.2) is 12.2 Å². The van der Waals surface area contributed by atoms with Crippen LogP contribution in [-0.2, 0) is 4.74 Å². The monoisotopic (exact) mass is 171 g/mol. The lowest BCUT2D eigenvalue weighted by Crippen LogP contribution is -2.33. The first kappa shape index (κ1) is 11.7. The van der Waals surface area contributed by atoms with E-state index < -0.39 is 0 Å². The van der Waals surface area contributed by atoms with Gasteiger partial charge in [0.1, 0.15) is 0 Å². The summed E-state index contributed by atoms with van der Waals surface area (Å²) in [5.74, 6) is 0. The summed E-state index contributed by atoms with van der Waals surface area (Å²) in [7, 11) is 1.74. The van der Waals surface area contributed by atoms with E-state index in [9.17, 15) is 0 Å². The van der Waals surface area contributed by atoms with Crippen molar-refractivity contribution in [1.82, 2.24) is 5.32 Å². The summed E-state index contributed by atoms with van der Waals surface area (Å²) >= 11 is 0. The number of hydrogen-bond donors (Lipinski definition) is 1. The Kier molecular flexibility index (Phi) is 7.11. The van der Waals surface area contributed by atoms with Gasteiger partial charge in [0.05, 0.1) is 6.61 Å². The molecule has 0 aliphatic rings. The Balaban J connectivity index is 3.68. The summed E-state index contributed by atoms with van der Waals surface area (Å²) in [6, 6.07) is 0.437. The van der Waals surface area contributed by atoms with Crippen molar-refractivity contribution >= 4 is 0 Å². The van der Waals surface area contributed by atoms with Crippen molar-refractivity contribution in [2.45, 2.75) is 32.7 Å². The summed E-state index contributed by atoms with van der Waals surface area (Å²) in [5.41, 5.74) is 1.29. The van der Waals surface area contributed by atoms with Gasteiger partial charge in [-0.1, -0.05) is 26.0 Å². The molecule has 0 bridgehead atoms. The molecule has 2 heteroatoms. The van der Waals surface area contributed by atoms with Gasteiger partial charge in [0.15, 0.2) is 0 Å². The van der Waals surface area contributed by atoms with E-state index in [-0.39, 0.29) is 0 Å². The molecule has 0 aliphatic carbocycles. The van der Waals surface area contributed by atoms with Crippen LogP contribution in [0, 0.1) is 0 Å². The fourth-order valence-electron chi connectivity index (χ4n) is 1.17. The normalized spacial score (nSPS) is 12.9. The molecule has 1 atom stereocenters. The van der Waals surface area contributed by atoms with Gasteiger partial charge in [-0.3, -0.25) is 0 Å². The molecule has 12 heavy (non-hydrogen) atoms. The number of hydrogen-bond acceptors (Lipinski definition) is 2. The van der Waals surface area contributed by atoms with Crippen LogP contribution in [0.1, 0.15) is 26.7 Å². The topological polar surface area (TPSA) is 21.3 Å². The Morgan fingerprint density at radius 3 is 2.58 bits per heavy atom. The molecule has 0 aromatic carbocycles. The first-order valence-electron chi connectivity index (χ1n) is 4.63. The van der Waals surface area contributed by atoms with E-state index in [1.807, 2.05) is 0 Å². The first-order chi connectivity index (χ1) is 5.74. The summed E-state index contributed by atoms with van der Waals surface area (Å²) < 4.78 is 5.10. The standard InChI is InChI=1S/C10H21NO/c1-5-9(3)7-10(8-12-4)11-6-2/h10-11H,3,5-8H2,1-2,4H3. The summed E-state index contributed by atoms with van der Waals surface area (Å²) in [6.07, 6.45) is 2.09. The maximum absolute atomic E-state index is 5.10. The van der Waals surface area contributed by atoms with Gasteiger partial charge in [-0.2, -0.15) is 0 Å². The van der Waals surface area contributed by atoms with Crippen molar-refractivity contribution < 1.29 is 4.74 Å². The quantitative estimate of drug-likeness (QED) is 0.591. The molecule has 0 saturated carbocycles. The molecule has 0 radical (unpaired) electrons. The molecule has 0 heterocycles. The smallest absolute Gasteiger partial charge is 0.0618 e. The number of methoxy groups -OCH3 is 1. The predicted octanol–water partition coefficient (Wildman–Crippen LogP) is 1.97. The lowest BCUT2D eigenvalue weighted by molar-refractivity contribution is 0.166. The van der Waals surface area contributed by atoms with Crippen LogP contribution in [0.3, 0.4) is 0 Å². The Morgan fingerprint density at radius 1 is 1.50 bits per heavy atom. The van der Waals surface area contributed by atoms with Crippen LogP contribution in [0.25, 0.3) is 0 Å². The van der Waals surface area contributed by atoms with Crippen molar-refractivity contribution in [2.75, 3.05) is 20.3 Å². The van der Waals surface area contributed by atoms with E-state index in [0.717, 1.165) is 26.0 Å². The van der Waals surface area contributed by atoms with E-state index in [2.05, 4.69) is 25.7 Å². The Bertz CT molecular complexity index is 117. The van der Waals surface area contributed by atoms with Crippen molar-refractivity contribution in [3.05, 3.63) is 12.2 Å². The molecule has 1 unspecified atom stereocenters. The van der Waals surface area contributed by atoms with Gasteiger partial charge in [-0.15, -0.1) is 0 Å². The molecular formula is C10H21NO. The molecule has 0 aliphatic heterocycles. The van der Waals surface area contributed by atoms with Gasteiger partial charge in [0.25, 0.3) is 0 Å². The lowest BCUT2D eigenvalue weighted by Gasteiger charge is -2.17. The van der Waals surface area contributed by atoms with Crippen LogP contribution in [0.2, 0.25) is 0 Å². The number of rotatable bonds is 7. The minimum atomic E-state index is 0.437. The van der Waals surface area contributed by atoms with Gasteiger partial charge < -0.3 is 10.1 Å². The van der Waals surface area contributed by atoms with E-state index in [1.165, 1.54) is 5.57 Å². The van der Waals surface area contributed by atoms with Crippen molar-refractivity contribution in [3.8, 4) is 0 Å². The van der Waals surface area contributed by atoms with Gasteiger partial charge in [0, 0.05) is 13.2 Å². The third-order valence-electron chi connectivity index (χ3n) is 1.90. The van der Waals surface area contributed by atoms with Gasteiger partial charge in [-0.25, -0.2) is 0 Å². The fourth-order valence-corrected chi connectivity index (χ4v) is 1.17. The van der Waals surface area contributed by atoms with E-state index in [1.54, 1.807) is 7.11 Å². The van der Waals surface area contributed by atoms with Crippen molar-refractivity contribution in [3.63, 3.8) is 0 Å². The second-order valence-corrected chi connectivity index (χ2v) is 3.02. The highest BCUT2D eigenvalue weighted by Gasteiger charge is 2.06. The third kappa shape index (κ3) is 5.33. The van der Waals surface area contributed by atoms with Crippen molar-refractivity contribution in [1.29, 1.82) is 0 Å². The van der Waals surface area contributed by atoms with E-state index in [0.29, 0.717) is 6.04 Å². The second kappa shape index (κ2) is 7.32. The molecular weight excluding hydrogens is 150 g/mol. The molecule has 0 fully saturated rings. The average molecular weight is 171 g/mol. The molecule has 0 aromatic rings. The number of likely N-dealkylation sites (N-methyl/N-ethyl adjacent to an activating group) is 1. The summed E-state index contributed by atoms with van der Waals surface area (Å²) in [5, 5.41) is 3.36. The van der Waals surface area contributed by atoms with Gasteiger partial charge in [-0.05, 0) is 19.4 Å². The molecule has 72 valence electrons. The largest absolute Gasteiger partial charge is 0.383 e. The van der Waals surface area contributed by atoms with Crippen molar-refractivity contribution in [2.24, 2.45) is 0 Å². The van der Waals surface area contributed by atoms with Crippen LogP contribution in [0.4, 0.5) is 0 Å². The molecule has 0 rings (SSSR count). The highest BCUT2D eigenvalue weighted by molar-refractivity contribution is 4.96. The summed E-state index contributed by atoms with van der Waals surface area (Å²) in [6.45, 7) is 9.99. The minimum absolute atomic E-state index is 0.437. The maximum Gasteiger partial charge on any atom is 0.0618 e. The molecule has 0 spiro atoms. The molecule has 1 N–H and O–H groups in total. The minimum Gasteiger partial charge on any atom is -0.383 e. The van der Waals surface area contributed by atoms with Crippen LogP contribution >= 0.6 is 0 Å². The molecule has 0 saturated heterocycles. The zero-order valence-electron chi connectivity index (χ0n) is 8.52. The van der Waals surface area contributed by atoms with E-state index in [4.69, 9.17) is 4.74 Å². The lowest BCUT2D eigenvalue weighted by atomic mass is 10.1. The first-order valence-corrected chi connectivity index (χ1v) is 4.63. The highest BCUT2D eigenvalue weighted by atomic mass is 16.5. The third-order valence-corrected chi connectivity index (χ3v) is 1.90. The zero-order valence-corrected chi connectivity index (χ0v) is 8.52. The Labute approximate surface area is 76.0 Å². The Hall–Kier alpha value is -0.340. The Morgan fingerprint density at radius 2 is 2.17 bits per heavy atom. The predicted molar refractivity (Wildman–Crippen MR) is 53.4 cm³/mol. The van der Waals surface area contributed by atoms with Crippen LogP contribution in [0.5, 0.6) is 0 Å².